The molecular formula is C25H23ClN4O2S. The Balaban J connectivity index is 1.33. The molecule has 6 nitrogen and oxygen atoms in total. The van der Waals surface area contributed by atoms with E-state index in [9.17, 15) is 4.79 Å². The number of ether oxygens (including phenoxy) is 1. The minimum absolute atomic E-state index is 0.0297. The molecule has 8 heteroatoms. The normalized spacial score (nSPS) is 14.0. The van der Waals surface area contributed by atoms with Crippen molar-refractivity contribution in [2.24, 2.45) is 0 Å². The number of rotatable bonds is 4. The maximum atomic E-state index is 13.3. The number of nitrogen functional groups attached to an aromatic ring is 1. The Morgan fingerprint density at radius 3 is 2.36 bits per heavy atom. The number of fused-ring (bicyclic) bond motifs is 1. The standard InChI is InChI=1S/C25H23ClN4O2S/c1-32-19-8-6-18(7-9-19)29-12-14-30(15-13-29)25(31)23-22(27)20-10-11-21(28-24(20)33-23)16-2-4-17(26)5-3-16/h2-11H,12-15,27H2,1H3. The van der Waals surface area contributed by atoms with Gasteiger partial charge in [0.05, 0.1) is 18.5 Å². The zero-order valence-corrected chi connectivity index (χ0v) is 19.7. The molecule has 1 saturated heterocycles. The summed E-state index contributed by atoms with van der Waals surface area (Å²) in [5.74, 6) is 0.804. The number of carbonyl (C=O) groups excluding carboxylic acids is 1. The van der Waals surface area contributed by atoms with Gasteiger partial charge in [-0.05, 0) is 48.5 Å². The summed E-state index contributed by atoms with van der Waals surface area (Å²) in [6.07, 6.45) is 0. The predicted molar refractivity (Wildman–Crippen MR) is 136 cm³/mol. The molecule has 1 aliphatic rings. The Morgan fingerprint density at radius 1 is 1.00 bits per heavy atom. The Bertz CT molecular complexity index is 1300. The number of thiophene rings is 1. The van der Waals surface area contributed by atoms with E-state index in [4.69, 9.17) is 27.1 Å². The first-order chi connectivity index (χ1) is 16.0. The lowest BCUT2D eigenvalue weighted by Gasteiger charge is -2.36. The summed E-state index contributed by atoms with van der Waals surface area (Å²) >= 11 is 7.36. The number of halogens is 1. The van der Waals surface area contributed by atoms with Crippen molar-refractivity contribution in [1.82, 2.24) is 9.88 Å². The van der Waals surface area contributed by atoms with Gasteiger partial charge in [-0.2, -0.15) is 0 Å². The first-order valence-electron chi connectivity index (χ1n) is 10.7. The molecule has 2 N–H and O–H groups in total. The molecule has 33 heavy (non-hydrogen) atoms. The molecule has 5 rings (SSSR count). The van der Waals surface area contributed by atoms with Crippen molar-refractivity contribution in [1.29, 1.82) is 0 Å². The number of pyridine rings is 1. The lowest BCUT2D eigenvalue weighted by atomic mass is 10.1. The number of nitrogens with zero attached hydrogens (tertiary/aromatic N) is 3. The van der Waals surface area contributed by atoms with E-state index in [1.54, 1.807) is 7.11 Å². The number of carbonyl (C=O) groups is 1. The van der Waals surface area contributed by atoms with Crippen LogP contribution in [0.2, 0.25) is 5.02 Å². The highest BCUT2D eigenvalue weighted by molar-refractivity contribution is 7.21. The maximum Gasteiger partial charge on any atom is 0.266 e. The number of nitrogens with two attached hydrogens (primary N) is 1. The summed E-state index contributed by atoms with van der Waals surface area (Å²) < 4.78 is 5.23. The molecule has 1 amide bonds. The van der Waals surface area contributed by atoms with Crippen LogP contribution in [0, 0.1) is 0 Å². The van der Waals surface area contributed by atoms with Crippen LogP contribution < -0.4 is 15.4 Å². The van der Waals surface area contributed by atoms with Crippen LogP contribution in [0.25, 0.3) is 21.5 Å². The van der Waals surface area contributed by atoms with E-state index < -0.39 is 0 Å². The number of benzene rings is 2. The SMILES string of the molecule is COc1ccc(N2CCN(C(=O)c3sc4nc(-c5ccc(Cl)cc5)ccc4c3N)CC2)cc1. The highest BCUT2D eigenvalue weighted by Crippen LogP contribution is 2.35. The van der Waals surface area contributed by atoms with Gasteiger partial charge in [0.25, 0.3) is 5.91 Å². The van der Waals surface area contributed by atoms with Crippen LogP contribution in [0.5, 0.6) is 5.75 Å². The smallest absolute Gasteiger partial charge is 0.266 e. The number of aromatic nitrogens is 1. The minimum Gasteiger partial charge on any atom is -0.497 e. The van der Waals surface area contributed by atoms with Gasteiger partial charge in [-0.25, -0.2) is 4.98 Å². The molecule has 2 aromatic heterocycles. The Labute approximate surface area is 201 Å². The Hall–Kier alpha value is -3.29. The molecule has 4 aromatic rings. The van der Waals surface area contributed by atoms with E-state index in [-0.39, 0.29) is 5.91 Å². The summed E-state index contributed by atoms with van der Waals surface area (Å²) in [5, 5.41) is 1.50. The highest BCUT2D eigenvalue weighted by atomic mass is 35.5. The quantitative estimate of drug-likeness (QED) is 0.438. The van der Waals surface area contributed by atoms with E-state index in [1.807, 2.05) is 65.6 Å². The van der Waals surface area contributed by atoms with Crippen molar-refractivity contribution in [3.05, 3.63) is 70.6 Å². The summed E-state index contributed by atoms with van der Waals surface area (Å²) in [6.45, 7) is 2.81. The third-order valence-corrected chi connectivity index (χ3v) is 7.29. The number of piperazine rings is 1. The fourth-order valence-corrected chi connectivity index (χ4v) is 5.23. The summed E-state index contributed by atoms with van der Waals surface area (Å²) in [5.41, 5.74) is 9.81. The van der Waals surface area contributed by atoms with Crippen LogP contribution in [0.3, 0.4) is 0 Å². The van der Waals surface area contributed by atoms with Gasteiger partial charge in [-0.1, -0.05) is 23.7 Å². The average molecular weight is 479 g/mol. The second kappa shape index (κ2) is 8.92. The molecule has 0 radical (unpaired) electrons. The van der Waals surface area contributed by atoms with E-state index in [0.717, 1.165) is 46.0 Å². The van der Waals surface area contributed by atoms with Crippen LogP contribution >= 0.6 is 22.9 Å². The monoisotopic (exact) mass is 478 g/mol. The number of amides is 1. The first kappa shape index (κ1) is 21.6. The van der Waals surface area contributed by atoms with Gasteiger partial charge in [0.15, 0.2) is 0 Å². The third kappa shape index (κ3) is 4.21. The predicted octanol–water partition coefficient (Wildman–Crippen LogP) is 5.17. The molecule has 168 valence electrons. The molecular weight excluding hydrogens is 456 g/mol. The van der Waals surface area contributed by atoms with Gasteiger partial charge >= 0.3 is 0 Å². The molecule has 0 atom stereocenters. The summed E-state index contributed by atoms with van der Waals surface area (Å²) in [4.78, 5) is 23.5. The van der Waals surface area contributed by atoms with Crippen LogP contribution in [-0.4, -0.2) is 49.1 Å². The zero-order valence-electron chi connectivity index (χ0n) is 18.1. The third-order valence-electron chi connectivity index (χ3n) is 5.93. The first-order valence-corrected chi connectivity index (χ1v) is 11.9. The topological polar surface area (TPSA) is 71.7 Å². The van der Waals surface area contributed by atoms with Gasteiger partial charge in [-0.15, -0.1) is 11.3 Å². The molecule has 1 fully saturated rings. The van der Waals surface area contributed by atoms with Gasteiger partial charge in [-0.3, -0.25) is 4.79 Å². The number of methoxy groups -OCH3 is 1. The molecule has 3 heterocycles. The lowest BCUT2D eigenvalue weighted by Crippen LogP contribution is -2.48. The second-order valence-corrected chi connectivity index (χ2v) is 9.31. The van der Waals surface area contributed by atoms with Crippen molar-refractivity contribution in [2.45, 2.75) is 0 Å². The minimum atomic E-state index is -0.0297. The lowest BCUT2D eigenvalue weighted by molar-refractivity contribution is 0.0752. The Kier molecular flexibility index (Phi) is 5.83. The van der Waals surface area contributed by atoms with Crippen LogP contribution in [0.15, 0.2) is 60.7 Å². The van der Waals surface area contributed by atoms with Crippen molar-refractivity contribution >= 4 is 50.4 Å². The Morgan fingerprint density at radius 2 is 1.70 bits per heavy atom. The van der Waals surface area contributed by atoms with Crippen molar-refractivity contribution in [3.8, 4) is 17.0 Å². The molecule has 2 aromatic carbocycles. The molecule has 0 bridgehead atoms. The van der Waals surface area contributed by atoms with Crippen LogP contribution in [0.4, 0.5) is 11.4 Å². The van der Waals surface area contributed by atoms with Crippen LogP contribution in [0.1, 0.15) is 9.67 Å². The van der Waals surface area contributed by atoms with Gasteiger partial charge in [0, 0.05) is 47.8 Å². The molecule has 0 aliphatic carbocycles. The van der Waals surface area contributed by atoms with Crippen molar-refractivity contribution in [3.63, 3.8) is 0 Å². The largest absolute Gasteiger partial charge is 0.497 e. The molecule has 0 unspecified atom stereocenters. The van der Waals surface area contributed by atoms with E-state index >= 15 is 0 Å². The maximum absolute atomic E-state index is 13.3. The fourth-order valence-electron chi connectivity index (χ4n) is 4.04. The summed E-state index contributed by atoms with van der Waals surface area (Å²) in [6, 6.07) is 19.4. The van der Waals surface area contributed by atoms with Gasteiger partial charge in [0.1, 0.15) is 15.5 Å². The van der Waals surface area contributed by atoms with E-state index in [2.05, 4.69) is 4.90 Å². The number of anilines is 2. The second-order valence-electron chi connectivity index (χ2n) is 7.88. The van der Waals surface area contributed by atoms with E-state index in [0.29, 0.717) is 28.7 Å². The van der Waals surface area contributed by atoms with E-state index in [1.165, 1.54) is 11.3 Å². The van der Waals surface area contributed by atoms with Crippen molar-refractivity contribution < 1.29 is 9.53 Å². The van der Waals surface area contributed by atoms with Crippen LogP contribution in [-0.2, 0) is 0 Å². The van der Waals surface area contributed by atoms with Crippen molar-refractivity contribution in [2.75, 3.05) is 43.9 Å². The highest BCUT2D eigenvalue weighted by Gasteiger charge is 2.26. The zero-order chi connectivity index (χ0) is 22.9. The fraction of sp³-hybridized carbons (Fsp3) is 0.200. The van der Waals surface area contributed by atoms with Gasteiger partial charge in [0.2, 0.25) is 0 Å². The molecule has 0 saturated carbocycles. The summed E-state index contributed by atoms with van der Waals surface area (Å²) in [7, 11) is 1.66. The number of hydrogen-bond donors (Lipinski definition) is 1. The van der Waals surface area contributed by atoms with Gasteiger partial charge < -0.3 is 20.3 Å². The molecule has 0 spiro atoms. The average Bonchev–Trinajstić information content (AvgIpc) is 3.20. The molecule has 1 aliphatic heterocycles. The number of hydrogen-bond acceptors (Lipinski definition) is 6.